The van der Waals surface area contributed by atoms with Crippen LogP contribution in [0.2, 0.25) is 0 Å². The summed E-state index contributed by atoms with van der Waals surface area (Å²) >= 11 is 0. The second-order valence-electron chi connectivity index (χ2n) is 10.5. The molecule has 0 heterocycles. The minimum atomic E-state index is -3.77. The Labute approximate surface area is 221 Å². The summed E-state index contributed by atoms with van der Waals surface area (Å²) < 4.78 is 30.2. The quantitative estimate of drug-likeness (QED) is 0.311. The van der Waals surface area contributed by atoms with Crippen molar-refractivity contribution in [1.82, 2.24) is 16.0 Å². The summed E-state index contributed by atoms with van der Waals surface area (Å²) in [6.45, 7) is 14.7. The minimum Gasteiger partial charge on any atom is -0.445 e. The first-order chi connectivity index (χ1) is 17.2. The van der Waals surface area contributed by atoms with Gasteiger partial charge in [0.25, 0.3) is 0 Å². The number of sulfone groups is 1. The lowest BCUT2D eigenvalue weighted by Gasteiger charge is -2.27. The van der Waals surface area contributed by atoms with E-state index in [4.69, 9.17) is 4.74 Å². The van der Waals surface area contributed by atoms with Crippen molar-refractivity contribution in [3.63, 3.8) is 0 Å². The van der Waals surface area contributed by atoms with Crippen molar-refractivity contribution >= 4 is 27.7 Å². The van der Waals surface area contributed by atoms with E-state index in [-0.39, 0.29) is 37.2 Å². The van der Waals surface area contributed by atoms with Gasteiger partial charge in [0.2, 0.25) is 11.8 Å². The second kappa shape index (κ2) is 15.4. The van der Waals surface area contributed by atoms with Crippen LogP contribution in [0.25, 0.3) is 0 Å². The molecule has 0 unspecified atom stereocenters. The van der Waals surface area contributed by atoms with Crippen LogP contribution >= 0.6 is 0 Å². The number of rotatable bonds is 15. The molecule has 208 valence electrons. The number of benzene rings is 1. The Morgan fingerprint density at radius 3 is 1.78 bits per heavy atom. The monoisotopic (exact) mass is 537 g/mol. The number of hydrogen-bond donors (Lipinski definition) is 3. The topological polar surface area (TPSA) is 131 Å². The van der Waals surface area contributed by atoms with Crippen LogP contribution < -0.4 is 16.0 Å². The van der Waals surface area contributed by atoms with E-state index in [1.807, 2.05) is 71.9 Å². The Bertz CT molecular complexity index is 993. The minimum absolute atomic E-state index is 0.000291. The zero-order valence-electron chi connectivity index (χ0n) is 22.8. The molecule has 0 bridgehead atoms. The molecule has 0 aliphatic carbocycles. The summed E-state index contributed by atoms with van der Waals surface area (Å²) in [6.07, 6.45) is 0.0621. The lowest BCUT2D eigenvalue weighted by Crippen LogP contribution is -2.56. The molecule has 0 fully saturated rings. The second-order valence-corrected chi connectivity index (χ2v) is 12.5. The number of ether oxygens (including phenoxy) is 1. The highest BCUT2D eigenvalue weighted by Crippen LogP contribution is 2.14. The fraction of sp³-hybridized carbons (Fsp3) is 0.593. The van der Waals surface area contributed by atoms with Crippen molar-refractivity contribution < 1.29 is 27.5 Å². The third kappa shape index (κ3) is 12.3. The molecule has 0 aliphatic rings. The van der Waals surface area contributed by atoms with Crippen LogP contribution in [-0.2, 0) is 30.8 Å². The zero-order valence-corrected chi connectivity index (χ0v) is 23.6. The number of carbonyl (C=O) groups is 3. The standard InChI is InChI=1S/C27H43N3O6S/c1-8-37(34,35)24(16-20(6)7)30-26(32)22(14-18(2)3)28-25(31)23(15-19(4)5)29-27(33)36-17-21-12-10-9-11-13-21/h8-13,18-20,22-24H,1,14-17H2,2-7H3,(H,28,31)(H,29,33)(H,30,32)/t22-,23-,24+/m0/s1. The summed E-state index contributed by atoms with van der Waals surface area (Å²) in [6, 6.07) is 7.23. The van der Waals surface area contributed by atoms with E-state index < -0.39 is 45.2 Å². The highest BCUT2D eigenvalue weighted by Gasteiger charge is 2.32. The Balaban J connectivity index is 2.99. The van der Waals surface area contributed by atoms with Gasteiger partial charge < -0.3 is 20.7 Å². The van der Waals surface area contributed by atoms with E-state index in [9.17, 15) is 22.8 Å². The largest absolute Gasteiger partial charge is 0.445 e. The molecule has 1 aromatic rings. The predicted molar refractivity (Wildman–Crippen MR) is 145 cm³/mol. The molecular weight excluding hydrogens is 494 g/mol. The summed E-state index contributed by atoms with van der Waals surface area (Å²) in [7, 11) is -3.77. The lowest BCUT2D eigenvalue weighted by molar-refractivity contribution is -0.130. The molecule has 0 spiro atoms. The molecule has 1 rings (SSSR count). The van der Waals surface area contributed by atoms with Crippen LogP contribution in [0.1, 0.15) is 66.4 Å². The maximum atomic E-state index is 13.2. The molecule has 0 saturated carbocycles. The Morgan fingerprint density at radius 1 is 0.811 bits per heavy atom. The van der Waals surface area contributed by atoms with Gasteiger partial charge in [0.05, 0.1) is 0 Å². The van der Waals surface area contributed by atoms with Crippen molar-refractivity contribution in [2.24, 2.45) is 17.8 Å². The van der Waals surface area contributed by atoms with Crippen LogP contribution in [0.15, 0.2) is 42.3 Å². The van der Waals surface area contributed by atoms with E-state index >= 15 is 0 Å². The Morgan fingerprint density at radius 2 is 1.30 bits per heavy atom. The van der Waals surface area contributed by atoms with Gasteiger partial charge in [-0.2, -0.15) is 0 Å². The number of carbonyl (C=O) groups excluding carboxylic acids is 3. The van der Waals surface area contributed by atoms with Crippen LogP contribution in [0.5, 0.6) is 0 Å². The Hall–Kier alpha value is -2.88. The number of alkyl carbamates (subject to hydrolysis) is 1. The third-order valence-corrected chi connectivity index (χ3v) is 7.05. The van der Waals surface area contributed by atoms with Crippen molar-refractivity contribution in [2.75, 3.05) is 0 Å². The molecule has 0 saturated heterocycles. The molecular formula is C27H43N3O6S. The van der Waals surface area contributed by atoms with E-state index in [2.05, 4.69) is 22.5 Å². The van der Waals surface area contributed by atoms with Crippen LogP contribution in [0, 0.1) is 17.8 Å². The van der Waals surface area contributed by atoms with Gasteiger partial charge in [0.15, 0.2) is 9.84 Å². The molecule has 37 heavy (non-hydrogen) atoms. The zero-order chi connectivity index (χ0) is 28.2. The molecule has 0 aliphatic heterocycles. The highest BCUT2D eigenvalue weighted by molar-refractivity contribution is 7.94. The van der Waals surface area contributed by atoms with Crippen molar-refractivity contribution in [1.29, 1.82) is 0 Å². The van der Waals surface area contributed by atoms with Gasteiger partial charge in [0, 0.05) is 5.41 Å². The van der Waals surface area contributed by atoms with Gasteiger partial charge in [0.1, 0.15) is 24.1 Å². The predicted octanol–water partition coefficient (Wildman–Crippen LogP) is 3.91. The first kappa shape index (κ1) is 32.1. The van der Waals surface area contributed by atoms with Gasteiger partial charge in [-0.05, 0) is 42.6 Å². The van der Waals surface area contributed by atoms with Crippen molar-refractivity contribution in [3.8, 4) is 0 Å². The maximum absolute atomic E-state index is 13.2. The van der Waals surface area contributed by atoms with Gasteiger partial charge >= 0.3 is 6.09 Å². The maximum Gasteiger partial charge on any atom is 0.408 e. The fourth-order valence-electron chi connectivity index (χ4n) is 3.66. The molecule has 1 aromatic carbocycles. The third-order valence-electron chi connectivity index (χ3n) is 5.49. The van der Waals surface area contributed by atoms with Crippen molar-refractivity contribution in [3.05, 3.63) is 47.9 Å². The average Bonchev–Trinajstić information content (AvgIpc) is 2.81. The number of nitrogens with one attached hydrogen (secondary N) is 3. The lowest BCUT2D eigenvalue weighted by atomic mass is 10.00. The molecule has 0 aromatic heterocycles. The molecule has 10 heteroatoms. The molecule has 3 atom stereocenters. The van der Waals surface area contributed by atoms with Gasteiger partial charge in [-0.1, -0.05) is 78.5 Å². The van der Waals surface area contributed by atoms with Crippen LogP contribution in [-0.4, -0.2) is 43.8 Å². The smallest absolute Gasteiger partial charge is 0.408 e. The van der Waals surface area contributed by atoms with E-state index in [0.717, 1.165) is 11.0 Å². The van der Waals surface area contributed by atoms with E-state index in [1.165, 1.54) is 0 Å². The first-order valence-electron chi connectivity index (χ1n) is 12.7. The van der Waals surface area contributed by atoms with Crippen molar-refractivity contribution in [2.45, 2.75) is 84.9 Å². The van der Waals surface area contributed by atoms with Crippen LogP contribution in [0.3, 0.4) is 0 Å². The number of amides is 3. The summed E-state index contributed by atoms with van der Waals surface area (Å²) in [5, 5.41) is 7.59. The molecule has 3 amide bonds. The van der Waals surface area contributed by atoms with Gasteiger partial charge in [-0.3, -0.25) is 9.59 Å². The fourth-order valence-corrected chi connectivity index (χ4v) is 4.83. The molecule has 0 radical (unpaired) electrons. The molecule has 9 nitrogen and oxygen atoms in total. The van der Waals surface area contributed by atoms with E-state index in [1.54, 1.807) is 0 Å². The molecule has 3 N–H and O–H groups in total. The average molecular weight is 538 g/mol. The number of hydrogen-bond acceptors (Lipinski definition) is 6. The van der Waals surface area contributed by atoms with E-state index in [0.29, 0.717) is 6.42 Å². The SMILES string of the molecule is C=CS(=O)(=O)[C@H](CC(C)C)NC(=O)[C@H](CC(C)C)NC(=O)[C@H](CC(C)C)NC(=O)OCc1ccccc1. The summed E-state index contributed by atoms with van der Waals surface area (Å²) in [5.74, 6) is -1.05. The first-order valence-corrected chi connectivity index (χ1v) is 14.3. The normalized spacial score (nSPS) is 14.1. The summed E-state index contributed by atoms with van der Waals surface area (Å²) in [5.41, 5.74) is 0.807. The Kier molecular flexibility index (Phi) is 13.4. The van der Waals surface area contributed by atoms with Crippen LogP contribution in [0.4, 0.5) is 4.79 Å². The van der Waals surface area contributed by atoms with Gasteiger partial charge in [-0.15, -0.1) is 0 Å². The van der Waals surface area contributed by atoms with Gasteiger partial charge in [-0.25, -0.2) is 13.2 Å². The summed E-state index contributed by atoms with van der Waals surface area (Å²) in [4.78, 5) is 38.8. The highest BCUT2D eigenvalue weighted by atomic mass is 32.2.